The van der Waals surface area contributed by atoms with Crippen molar-refractivity contribution in [3.8, 4) is 5.75 Å². The van der Waals surface area contributed by atoms with Crippen LogP contribution < -0.4 is 4.74 Å². The summed E-state index contributed by atoms with van der Waals surface area (Å²) >= 11 is 17.1. The Balaban J connectivity index is 1.62. The molecule has 1 fully saturated rings. The first-order valence-electron chi connectivity index (χ1n) is 7.06. The van der Waals surface area contributed by atoms with E-state index in [4.69, 9.17) is 49.3 Å². The van der Waals surface area contributed by atoms with Crippen molar-refractivity contribution in [3.05, 3.63) is 39.0 Å². The zero-order valence-electron chi connectivity index (χ0n) is 12.2. The van der Waals surface area contributed by atoms with Gasteiger partial charge in [-0.25, -0.2) is 4.68 Å². The highest BCUT2D eigenvalue weighted by atomic mass is 35.5. The third-order valence-corrected chi connectivity index (χ3v) is 4.16. The maximum atomic E-state index is 6.06. The lowest BCUT2D eigenvalue weighted by atomic mass is 10.3. The van der Waals surface area contributed by atoms with Gasteiger partial charge in [0.25, 0.3) is 10.7 Å². The smallest absolute Gasteiger partial charge is 0.288 e. The Bertz CT molecular complexity index is 728. The summed E-state index contributed by atoms with van der Waals surface area (Å²) in [6.07, 6.45) is 0. The van der Waals surface area contributed by atoms with E-state index < -0.39 is 0 Å². The van der Waals surface area contributed by atoms with Crippen molar-refractivity contribution in [3.63, 3.8) is 0 Å². The number of halogens is 2. The van der Waals surface area contributed by atoms with Crippen molar-refractivity contribution in [2.75, 3.05) is 26.3 Å². The molecule has 1 aliphatic heterocycles. The van der Waals surface area contributed by atoms with Crippen molar-refractivity contribution >= 4 is 35.4 Å². The van der Waals surface area contributed by atoms with Crippen LogP contribution in [0.3, 0.4) is 0 Å². The van der Waals surface area contributed by atoms with Gasteiger partial charge in [0.1, 0.15) is 5.75 Å². The van der Waals surface area contributed by atoms with Crippen LogP contribution >= 0.6 is 35.4 Å². The van der Waals surface area contributed by atoms with Crippen LogP contribution in [0, 0.1) is 4.84 Å². The van der Waals surface area contributed by atoms with Gasteiger partial charge < -0.3 is 13.9 Å². The van der Waals surface area contributed by atoms with Crippen LogP contribution in [-0.4, -0.2) is 41.0 Å². The topological polar surface area (TPSA) is 52.7 Å². The summed E-state index contributed by atoms with van der Waals surface area (Å²) in [6.45, 7) is 3.85. The van der Waals surface area contributed by atoms with Crippen LogP contribution in [0.25, 0.3) is 0 Å². The first kappa shape index (κ1) is 16.7. The molecule has 0 unspecified atom stereocenters. The zero-order valence-corrected chi connectivity index (χ0v) is 14.5. The predicted octanol–water partition coefficient (Wildman–Crippen LogP) is 3.38. The third kappa shape index (κ3) is 4.45. The molecule has 3 rings (SSSR count). The van der Waals surface area contributed by atoms with Gasteiger partial charge in [-0.1, -0.05) is 23.2 Å². The monoisotopic (exact) mass is 375 g/mol. The summed E-state index contributed by atoms with van der Waals surface area (Å²) in [4.78, 5) is 2.51. The second-order valence-electron chi connectivity index (χ2n) is 5.00. The average molecular weight is 376 g/mol. The molecule has 9 heteroatoms. The molecule has 0 amide bonds. The lowest BCUT2D eigenvalue weighted by Gasteiger charge is -2.25. The standard InChI is InChI=1S/C14H15Cl2N3O3S/c15-10-1-2-12(11(16)7-10)21-8-13-17-19(14(23)22-13)9-18-3-5-20-6-4-18/h1-2,7H,3-6,8-9H2. The van der Waals surface area contributed by atoms with E-state index >= 15 is 0 Å². The summed E-state index contributed by atoms with van der Waals surface area (Å²) in [5.74, 6) is 0.911. The third-order valence-electron chi connectivity index (χ3n) is 3.33. The summed E-state index contributed by atoms with van der Waals surface area (Å²) in [6, 6.07) is 5.02. The van der Waals surface area contributed by atoms with Crippen LogP contribution in [0.15, 0.2) is 22.6 Å². The van der Waals surface area contributed by atoms with Crippen LogP contribution in [0.5, 0.6) is 5.75 Å². The Labute approximate surface area is 148 Å². The first-order chi connectivity index (χ1) is 11.1. The van der Waals surface area contributed by atoms with Gasteiger partial charge in [0.15, 0.2) is 6.61 Å². The maximum absolute atomic E-state index is 6.06. The van der Waals surface area contributed by atoms with Gasteiger partial charge in [-0.15, -0.1) is 5.10 Å². The van der Waals surface area contributed by atoms with E-state index in [1.54, 1.807) is 22.9 Å². The fourth-order valence-electron chi connectivity index (χ4n) is 2.16. The molecule has 0 atom stereocenters. The van der Waals surface area contributed by atoms with E-state index in [-0.39, 0.29) is 6.61 Å². The minimum Gasteiger partial charge on any atom is -0.482 e. The highest BCUT2D eigenvalue weighted by molar-refractivity contribution is 7.71. The molecule has 2 aromatic rings. The largest absolute Gasteiger partial charge is 0.482 e. The molecule has 0 aliphatic carbocycles. The summed E-state index contributed by atoms with van der Waals surface area (Å²) < 4.78 is 18.0. The van der Waals surface area contributed by atoms with Crippen molar-refractivity contribution in [2.24, 2.45) is 0 Å². The van der Waals surface area contributed by atoms with Crippen molar-refractivity contribution in [1.29, 1.82) is 0 Å². The Morgan fingerprint density at radius 2 is 2.04 bits per heavy atom. The molecular weight excluding hydrogens is 361 g/mol. The number of nitrogens with zero attached hydrogens (tertiary/aromatic N) is 3. The highest BCUT2D eigenvalue weighted by Gasteiger charge is 2.14. The molecule has 0 N–H and O–H groups in total. The lowest BCUT2D eigenvalue weighted by Crippen LogP contribution is -2.37. The van der Waals surface area contributed by atoms with Crippen molar-refractivity contribution in [2.45, 2.75) is 13.3 Å². The number of hydrogen-bond acceptors (Lipinski definition) is 6. The number of hydrogen-bond donors (Lipinski definition) is 0. The average Bonchev–Trinajstić information content (AvgIpc) is 2.87. The number of rotatable bonds is 5. The number of ether oxygens (including phenoxy) is 2. The Hall–Kier alpha value is -1.12. The van der Waals surface area contributed by atoms with Crippen LogP contribution in [0.2, 0.25) is 10.0 Å². The Morgan fingerprint density at radius 3 is 2.78 bits per heavy atom. The molecule has 0 radical (unpaired) electrons. The quantitative estimate of drug-likeness (QED) is 0.746. The fraction of sp³-hybridized carbons (Fsp3) is 0.429. The van der Waals surface area contributed by atoms with Crippen molar-refractivity contribution in [1.82, 2.24) is 14.7 Å². The minimum absolute atomic E-state index is 0.140. The SMILES string of the molecule is S=c1oc(COc2ccc(Cl)cc2Cl)nn1CN1CCOCC1. The predicted molar refractivity (Wildman–Crippen MR) is 88.5 cm³/mol. The molecule has 1 saturated heterocycles. The zero-order chi connectivity index (χ0) is 16.2. The van der Waals surface area contributed by atoms with E-state index in [1.807, 2.05) is 0 Å². The maximum Gasteiger partial charge on any atom is 0.288 e. The van der Waals surface area contributed by atoms with Crippen molar-refractivity contribution < 1.29 is 13.9 Å². The van der Waals surface area contributed by atoms with Crippen LogP contribution in [-0.2, 0) is 18.0 Å². The molecule has 2 heterocycles. The summed E-state index contributed by atoms with van der Waals surface area (Å²) in [5, 5.41) is 5.32. The van der Waals surface area contributed by atoms with Gasteiger partial charge >= 0.3 is 0 Å². The molecule has 0 spiro atoms. The van der Waals surface area contributed by atoms with Gasteiger partial charge in [0.2, 0.25) is 0 Å². The second kappa shape index (κ2) is 7.63. The van der Waals surface area contributed by atoms with E-state index in [9.17, 15) is 0 Å². The minimum atomic E-state index is 0.140. The molecule has 0 bridgehead atoms. The highest BCUT2D eigenvalue weighted by Crippen LogP contribution is 2.28. The van der Waals surface area contributed by atoms with E-state index in [0.717, 1.165) is 26.3 Å². The first-order valence-corrected chi connectivity index (χ1v) is 8.23. The van der Waals surface area contributed by atoms with Crippen LogP contribution in [0.4, 0.5) is 0 Å². The van der Waals surface area contributed by atoms with Gasteiger partial charge in [0.05, 0.1) is 24.9 Å². The lowest BCUT2D eigenvalue weighted by molar-refractivity contribution is 0.0206. The Kier molecular flexibility index (Phi) is 5.55. The molecule has 124 valence electrons. The Morgan fingerprint density at radius 1 is 1.26 bits per heavy atom. The molecular formula is C14H15Cl2N3O3S. The molecule has 0 saturated carbocycles. The van der Waals surface area contributed by atoms with E-state index in [2.05, 4.69) is 10.00 Å². The van der Waals surface area contributed by atoms with Gasteiger partial charge in [-0.3, -0.25) is 4.90 Å². The molecule has 6 nitrogen and oxygen atoms in total. The number of morpholine rings is 1. The number of benzene rings is 1. The van der Waals surface area contributed by atoms with Gasteiger partial charge in [-0.05, 0) is 30.4 Å². The van der Waals surface area contributed by atoms with Crippen LogP contribution in [0.1, 0.15) is 5.89 Å². The normalized spacial score (nSPS) is 15.7. The number of aromatic nitrogens is 2. The fourth-order valence-corrected chi connectivity index (χ4v) is 2.82. The van der Waals surface area contributed by atoms with Gasteiger partial charge in [0, 0.05) is 18.1 Å². The molecule has 1 aromatic carbocycles. The van der Waals surface area contributed by atoms with E-state index in [0.29, 0.717) is 33.2 Å². The molecule has 23 heavy (non-hydrogen) atoms. The summed E-state index contributed by atoms with van der Waals surface area (Å²) in [5.41, 5.74) is 0. The molecule has 1 aromatic heterocycles. The van der Waals surface area contributed by atoms with Gasteiger partial charge in [-0.2, -0.15) is 0 Å². The molecule has 1 aliphatic rings. The summed E-state index contributed by atoms with van der Waals surface area (Å²) in [7, 11) is 0. The second-order valence-corrected chi connectivity index (χ2v) is 6.19. The van der Waals surface area contributed by atoms with E-state index in [1.165, 1.54) is 0 Å².